The molecule has 0 aromatic carbocycles. The summed E-state index contributed by atoms with van der Waals surface area (Å²) in [4.78, 5) is 0. The molecule has 0 saturated heterocycles. The van der Waals surface area contributed by atoms with Gasteiger partial charge >= 0.3 is 5.51 Å². The zero-order chi connectivity index (χ0) is 24.9. The van der Waals surface area contributed by atoms with E-state index in [1.165, 1.54) is 0 Å². The minimum atomic E-state index is -7.16. The molecule has 4 bridgehead atoms. The first-order chi connectivity index (χ1) is 14.9. The SMILES string of the molecule is O=S(=O)(C(=C1C(F)=C(F)C(F)=C(F)C1F)S(=O)(=O)C12CC3CC(CC(F)(C3)C1)C2)C(F)(F)F. The zero-order valence-corrected chi connectivity index (χ0v) is 18.0. The third-order valence-electron chi connectivity index (χ3n) is 6.83. The lowest BCUT2D eigenvalue weighted by Gasteiger charge is -2.58. The van der Waals surface area contributed by atoms with Crippen molar-refractivity contribution in [3.8, 4) is 0 Å². The first kappa shape index (κ1) is 24.6. The molecule has 5 aliphatic carbocycles. The quantitative estimate of drug-likeness (QED) is 0.467. The van der Waals surface area contributed by atoms with Gasteiger partial charge in [0.15, 0.2) is 43.6 Å². The molecule has 4 saturated carbocycles. The van der Waals surface area contributed by atoms with Crippen LogP contribution in [0.1, 0.15) is 38.5 Å². The molecule has 4 nitrogen and oxygen atoms in total. The molecule has 0 aromatic rings. The summed E-state index contributed by atoms with van der Waals surface area (Å²) in [6.07, 6.45) is -5.89. The molecule has 0 aliphatic heterocycles. The van der Waals surface area contributed by atoms with Crippen molar-refractivity contribution in [3.05, 3.63) is 33.1 Å². The minimum Gasteiger partial charge on any atom is -0.244 e. The number of rotatable bonds is 3. The van der Waals surface area contributed by atoms with Crippen molar-refractivity contribution < 1.29 is 56.3 Å². The Kier molecular flexibility index (Phi) is 5.23. The Morgan fingerprint density at radius 1 is 0.848 bits per heavy atom. The van der Waals surface area contributed by atoms with E-state index in [1.807, 2.05) is 0 Å². The molecule has 4 fully saturated rings. The maximum absolute atomic E-state index is 15.2. The standard InChI is InChI=1S/C18H15F9O4S2/c19-10-9(11(20)13(22)14(23)12(10)21)15(33(30,31)18(25,26)27)32(28,29)17-4-7-1-8(5-17)3-16(24,2-7)6-17/h7-8,10H,1-6H2. The lowest BCUT2D eigenvalue weighted by atomic mass is 9.54. The Hall–Kier alpha value is -1.51. The molecule has 3 atom stereocenters. The van der Waals surface area contributed by atoms with Crippen molar-refractivity contribution in [3.63, 3.8) is 0 Å². The van der Waals surface area contributed by atoms with Crippen LogP contribution in [0.25, 0.3) is 0 Å². The van der Waals surface area contributed by atoms with E-state index in [1.54, 1.807) is 0 Å². The van der Waals surface area contributed by atoms with E-state index in [4.69, 9.17) is 0 Å². The highest BCUT2D eigenvalue weighted by Crippen LogP contribution is 2.63. The molecule has 15 heteroatoms. The summed E-state index contributed by atoms with van der Waals surface area (Å²) in [5.41, 5.74) is -11.3. The van der Waals surface area contributed by atoms with E-state index in [2.05, 4.69) is 0 Å². The van der Waals surface area contributed by atoms with Gasteiger partial charge in [-0.05, 0) is 43.9 Å². The number of allylic oxidation sites excluding steroid dienone is 5. The number of sulfone groups is 2. The summed E-state index contributed by atoms with van der Waals surface area (Å²) in [5.74, 6) is -12.8. The molecule has 5 rings (SSSR count). The van der Waals surface area contributed by atoms with Gasteiger partial charge in [-0.2, -0.15) is 13.2 Å². The second-order valence-electron chi connectivity index (χ2n) is 9.10. The highest BCUT2D eigenvalue weighted by atomic mass is 32.3. The maximum Gasteiger partial charge on any atom is 0.502 e. The Balaban J connectivity index is 2.06. The van der Waals surface area contributed by atoms with Crippen molar-refractivity contribution in [2.45, 2.75) is 60.6 Å². The van der Waals surface area contributed by atoms with Crippen LogP contribution in [0.15, 0.2) is 33.1 Å². The first-order valence-corrected chi connectivity index (χ1v) is 12.6. The minimum absolute atomic E-state index is 0.129. The van der Waals surface area contributed by atoms with Crippen LogP contribution in [0.2, 0.25) is 0 Å². The maximum atomic E-state index is 15.2. The van der Waals surface area contributed by atoms with E-state index in [-0.39, 0.29) is 12.8 Å². The molecule has 186 valence electrons. The molecule has 0 radical (unpaired) electrons. The molecule has 3 unspecified atom stereocenters. The van der Waals surface area contributed by atoms with Gasteiger partial charge in [-0.1, -0.05) is 0 Å². The first-order valence-electron chi connectivity index (χ1n) is 9.61. The summed E-state index contributed by atoms with van der Waals surface area (Å²) in [5, 5.41) is 0. The zero-order valence-electron chi connectivity index (χ0n) is 16.3. The summed E-state index contributed by atoms with van der Waals surface area (Å²) >= 11 is 0. The molecule has 0 amide bonds. The van der Waals surface area contributed by atoms with Crippen LogP contribution in [0, 0.1) is 11.8 Å². The lowest BCUT2D eigenvalue weighted by molar-refractivity contribution is -0.0620. The van der Waals surface area contributed by atoms with Crippen molar-refractivity contribution in [1.29, 1.82) is 0 Å². The Bertz CT molecular complexity index is 1210. The molecule has 33 heavy (non-hydrogen) atoms. The monoisotopic (exact) mass is 530 g/mol. The highest BCUT2D eigenvalue weighted by Gasteiger charge is 2.67. The second kappa shape index (κ2) is 7.01. The molecule has 0 aromatic heterocycles. The molecular formula is C18H15F9O4S2. The van der Waals surface area contributed by atoms with Crippen molar-refractivity contribution in [2.24, 2.45) is 11.8 Å². The summed E-state index contributed by atoms with van der Waals surface area (Å²) in [7, 11) is -13.2. The largest absolute Gasteiger partial charge is 0.502 e. The summed E-state index contributed by atoms with van der Waals surface area (Å²) in [6.45, 7) is 0. The third-order valence-corrected chi connectivity index (χ3v) is 11.8. The van der Waals surface area contributed by atoms with Crippen molar-refractivity contribution >= 4 is 19.7 Å². The van der Waals surface area contributed by atoms with E-state index in [0.717, 1.165) is 0 Å². The van der Waals surface area contributed by atoms with E-state index >= 15 is 4.39 Å². The van der Waals surface area contributed by atoms with Gasteiger partial charge in [-0.3, -0.25) is 0 Å². The lowest BCUT2D eigenvalue weighted by Crippen LogP contribution is -2.61. The van der Waals surface area contributed by atoms with Crippen LogP contribution in [0.5, 0.6) is 0 Å². The van der Waals surface area contributed by atoms with E-state index < -0.39 is 106 Å². The van der Waals surface area contributed by atoms with Gasteiger partial charge in [0.1, 0.15) is 5.67 Å². The van der Waals surface area contributed by atoms with Gasteiger partial charge in [0.05, 0.1) is 10.3 Å². The summed E-state index contributed by atoms with van der Waals surface area (Å²) < 4.78 is 172. The normalized spacial score (nSPS) is 38.9. The smallest absolute Gasteiger partial charge is 0.244 e. The number of hydrogen-bond donors (Lipinski definition) is 0. The fourth-order valence-electron chi connectivity index (χ4n) is 5.98. The van der Waals surface area contributed by atoms with Gasteiger partial charge in [0.25, 0.3) is 9.84 Å². The summed E-state index contributed by atoms with van der Waals surface area (Å²) in [6, 6.07) is 0. The molecule has 0 spiro atoms. The van der Waals surface area contributed by atoms with Gasteiger partial charge in [-0.25, -0.2) is 43.2 Å². The average molecular weight is 530 g/mol. The van der Waals surface area contributed by atoms with Crippen LogP contribution in [-0.2, 0) is 19.7 Å². The van der Waals surface area contributed by atoms with Gasteiger partial charge in [0.2, 0.25) is 0 Å². The van der Waals surface area contributed by atoms with Gasteiger partial charge < -0.3 is 0 Å². The molecule has 0 heterocycles. The number of hydrogen-bond acceptors (Lipinski definition) is 4. The fourth-order valence-corrected chi connectivity index (χ4v) is 10.9. The van der Waals surface area contributed by atoms with E-state index in [9.17, 15) is 52.0 Å². The second-order valence-corrected chi connectivity index (χ2v) is 13.5. The molecule has 0 N–H and O–H groups in total. The number of halogens is 9. The van der Waals surface area contributed by atoms with Gasteiger partial charge in [-0.15, -0.1) is 0 Å². The van der Waals surface area contributed by atoms with Crippen LogP contribution >= 0.6 is 0 Å². The Morgan fingerprint density at radius 3 is 1.82 bits per heavy atom. The van der Waals surface area contributed by atoms with Crippen LogP contribution in [0.3, 0.4) is 0 Å². The van der Waals surface area contributed by atoms with Crippen molar-refractivity contribution in [2.75, 3.05) is 0 Å². The number of alkyl halides is 5. The van der Waals surface area contributed by atoms with E-state index in [0.29, 0.717) is 6.42 Å². The Morgan fingerprint density at radius 2 is 1.36 bits per heavy atom. The van der Waals surface area contributed by atoms with Crippen molar-refractivity contribution in [1.82, 2.24) is 0 Å². The predicted molar refractivity (Wildman–Crippen MR) is 95.6 cm³/mol. The third kappa shape index (κ3) is 3.31. The van der Waals surface area contributed by atoms with Crippen LogP contribution in [-0.4, -0.2) is 38.9 Å². The topological polar surface area (TPSA) is 68.3 Å². The molecular weight excluding hydrogens is 515 g/mol. The average Bonchev–Trinajstić information content (AvgIpc) is 2.64. The van der Waals surface area contributed by atoms with Crippen LogP contribution < -0.4 is 0 Å². The predicted octanol–water partition coefficient (Wildman–Crippen LogP) is 5.26. The molecule has 5 aliphatic rings. The van der Waals surface area contributed by atoms with Gasteiger partial charge in [0, 0.05) is 6.42 Å². The van der Waals surface area contributed by atoms with Crippen LogP contribution in [0.4, 0.5) is 39.5 Å². The Labute approximate surface area is 182 Å². The highest BCUT2D eigenvalue weighted by molar-refractivity contribution is 8.15. The fraction of sp³-hybridized carbons (Fsp3) is 0.667.